The van der Waals surface area contributed by atoms with E-state index in [1.54, 1.807) is 0 Å². The lowest BCUT2D eigenvalue weighted by Gasteiger charge is -2.24. The highest BCUT2D eigenvalue weighted by atomic mass is 16.5. The molecule has 0 aromatic heterocycles. The van der Waals surface area contributed by atoms with Crippen LogP contribution >= 0.6 is 0 Å². The maximum absolute atomic E-state index is 5.64. The zero-order valence-corrected chi connectivity index (χ0v) is 10.8. The van der Waals surface area contributed by atoms with E-state index >= 15 is 0 Å². The number of nitrogens with one attached hydrogen (secondary N) is 1. The zero-order chi connectivity index (χ0) is 12.2. The molecule has 1 saturated heterocycles. The average Bonchev–Trinajstić information content (AvgIpc) is 2.46. The molecule has 0 saturated carbocycles. The van der Waals surface area contributed by atoms with Gasteiger partial charge in [-0.15, -0.1) is 0 Å². The smallest absolute Gasteiger partial charge is 0.122 e. The van der Waals surface area contributed by atoms with Gasteiger partial charge >= 0.3 is 0 Å². The number of aryl methyl sites for hydroxylation is 2. The van der Waals surface area contributed by atoms with E-state index in [-0.39, 0.29) is 0 Å². The Morgan fingerprint density at radius 1 is 1.28 bits per heavy atom. The quantitative estimate of drug-likeness (QED) is 0.885. The van der Waals surface area contributed by atoms with E-state index in [2.05, 4.69) is 23.5 Å². The van der Waals surface area contributed by atoms with E-state index in [1.165, 1.54) is 11.1 Å². The Kier molecular flexibility index (Phi) is 3.81. The summed E-state index contributed by atoms with van der Waals surface area (Å²) in [5.74, 6) is 1.09. The first kappa shape index (κ1) is 12.0. The van der Waals surface area contributed by atoms with Gasteiger partial charge in [0.05, 0.1) is 19.8 Å². The van der Waals surface area contributed by atoms with E-state index in [9.17, 15) is 0 Å². The summed E-state index contributed by atoms with van der Waals surface area (Å²) in [5.41, 5.74) is 2.80. The molecule has 1 N–H and O–H groups in total. The Hall–Kier alpha value is -1.06. The van der Waals surface area contributed by atoms with E-state index < -0.39 is 0 Å². The van der Waals surface area contributed by atoms with Crippen molar-refractivity contribution in [2.75, 3.05) is 26.4 Å². The summed E-state index contributed by atoms with van der Waals surface area (Å²) in [7, 11) is 0. The summed E-state index contributed by atoms with van der Waals surface area (Å²) >= 11 is 0. The normalized spacial score (nSPS) is 23.2. The van der Waals surface area contributed by atoms with Crippen molar-refractivity contribution in [1.82, 2.24) is 5.32 Å². The van der Waals surface area contributed by atoms with Gasteiger partial charge < -0.3 is 14.8 Å². The van der Waals surface area contributed by atoms with Crippen LogP contribution in [0.1, 0.15) is 24.0 Å². The molecule has 1 aromatic rings. The van der Waals surface area contributed by atoms with Crippen LogP contribution in [0.15, 0.2) is 18.2 Å². The van der Waals surface area contributed by atoms with E-state index in [4.69, 9.17) is 9.47 Å². The second-order valence-corrected chi connectivity index (χ2v) is 5.16. The van der Waals surface area contributed by atoms with Crippen LogP contribution in [0.4, 0.5) is 0 Å². The molecule has 1 unspecified atom stereocenters. The summed E-state index contributed by atoms with van der Waals surface area (Å²) in [4.78, 5) is 0. The molecule has 2 aliphatic rings. The molecule has 0 radical (unpaired) electrons. The minimum absolute atomic E-state index is 0.519. The highest BCUT2D eigenvalue weighted by molar-refractivity contribution is 5.38. The highest BCUT2D eigenvalue weighted by Crippen LogP contribution is 2.26. The fourth-order valence-corrected chi connectivity index (χ4v) is 2.72. The first-order valence-corrected chi connectivity index (χ1v) is 6.97. The van der Waals surface area contributed by atoms with Gasteiger partial charge in [-0.3, -0.25) is 0 Å². The number of ether oxygens (including phenoxy) is 2. The maximum Gasteiger partial charge on any atom is 0.122 e. The first-order chi connectivity index (χ1) is 8.92. The Bertz CT molecular complexity index is 399. The monoisotopic (exact) mass is 247 g/mol. The number of fused-ring (bicyclic) bond motifs is 1. The topological polar surface area (TPSA) is 30.5 Å². The third-order valence-electron chi connectivity index (χ3n) is 3.75. The van der Waals surface area contributed by atoms with Crippen molar-refractivity contribution in [2.45, 2.75) is 31.7 Å². The number of morpholine rings is 1. The number of benzene rings is 1. The van der Waals surface area contributed by atoms with Crippen molar-refractivity contribution in [2.24, 2.45) is 0 Å². The summed E-state index contributed by atoms with van der Waals surface area (Å²) in [5, 5.41) is 3.50. The molecule has 0 spiro atoms. The van der Waals surface area contributed by atoms with Crippen LogP contribution in [0.25, 0.3) is 0 Å². The molecular weight excluding hydrogens is 226 g/mol. The van der Waals surface area contributed by atoms with Gasteiger partial charge in [-0.2, -0.15) is 0 Å². The molecule has 0 bridgehead atoms. The molecule has 0 amide bonds. The maximum atomic E-state index is 5.64. The lowest BCUT2D eigenvalue weighted by atomic mass is 9.99. The van der Waals surface area contributed by atoms with Crippen LogP contribution in [-0.2, 0) is 17.6 Å². The molecule has 1 aromatic carbocycles. The minimum atomic E-state index is 0.519. The van der Waals surface area contributed by atoms with Crippen molar-refractivity contribution in [3.63, 3.8) is 0 Å². The van der Waals surface area contributed by atoms with Crippen molar-refractivity contribution in [3.8, 4) is 5.75 Å². The molecule has 1 atom stereocenters. The predicted molar refractivity (Wildman–Crippen MR) is 71.2 cm³/mol. The van der Waals surface area contributed by atoms with Gasteiger partial charge in [0.15, 0.2) is 0 Å². The summed E-state index contributed by atoms with van der Waals surface area (Å²) in [6.07, 6.45) is 4.58. The number of hydrogen-bond acceptors (Lipinski definition) is 3. The van der Waals surface area contributed by atoms with Crippen molar-refractivity contribution >= 4 is 0 Å². The fraction of sp³-hybridized carbons (Fsp3) is 0.600. The van der Waals surface area contributed by atoms with E-state index in [0.717, 1.165) is 57.8 Å². The Labute approximate surface area is 108 Å². The zero-order valence-electron chi connectivity index (χ0n) is 10.8. The van der Waals surface area contributed by atoms with E-state index in [1.807, 2.05) is 0 Å². The molecular formula is C15H21NO2. The van der Waals surface area contributed by atoms with Gasteiger partial charge in [0.2, 0.25) is 0 Å². The number of rotatable bonds is 3. The standard InChI is InChI=1S/C15H21NO2/c1-2-13-10-12(4-6-15(13)18-8-1)3-5-14-11-17-9-7-16-14/h4,6,10,14,16H,1-3,5,7-9,11H2. The van der Waals surface area contributed by atoms with Crippen LogP contribution in [-0.4, -0.2) is 32.4 Å². The van der Waals surface area contributed by atoms with Gasteiger partial charge in [0.1, 0.15) is 5.75 Å². The van der Waals surface area contributed by atoms with Crippen molar-refractivity contribution < 1.29 is 9.47 Å². The molecule has 0 aliphatic carbocycles. The highest BCUT2D eigenvalue weighted by Gasteiger charge is 2.14. The Morgan fingerprint density at radius 2 is 2.28 bits per heavy atom. The molecule has 3 rings (SSSR count). The van der Waals surface area contributed by atoms with Crippen LogP contribution in [0.5, 0.6) is 5.75 Å². The fourth-order valence-electron chi connectivity index (χ4n) is 2.72. The predicted octanol–water partition coefficient (Wildman–Crippen LogP) is 1.93. The average molecular weight is 247 g/mol. The molecule has 98 valence electrons. The van der Waals surface area contributed by atoms with Crippen molar-refractivity contribution in [1.29, 1.82) is 0 Å². The number of hydrogen-bond donors (Lipinski definition) is 1. The summed E-state index contributed by atoms with van der Waals surface area (Å²) in [6.45, 7) is 3.57. The Balaban J connectivity index is 1.58. The van der Waals surface area contributed by atoms with Crippen LogP contribution in [0.3, 0.4) is 0 Å². The van der Waals surface area contributed by atoms with Gasteiger partial charge in [-0.05, 0) is 42.9 Å². The first-order valence-electron chi connectivity index (χ1n) is 6.97. The molecule has 18 heavy (non-hydrogen) atoms. The molecule has 2 aliphatic heterocycles. The molecule has 3 nitrogen and oxygen atoms in total. The summed E-state index contributed by atoms with van der Waals surface area (Å²) < 4.78 is 11.1. The summed E-state index contributed by atoms with van der Waals surface area (Å²) in [6, 6.07) is 7.17. The second-order valence-electron chi connectivity index (χ2n) is 5.16. The lowest BCUT2D eigenvalue weighted by molar-refractivity contribution is 0.0743. The largest absolute Gasteiger partial charge is 0.493 e. The van der Waals surface area contributed by atoms with Gasteiger partial charge in [0, 0.05) is 12.6 Å². The van der Waals surface area contributed by atoms with Crippen LogP contribution in [0.2, 0.25) is 0 Å². The van der Waals surface area contributed by atoms with Crippen LogP contribution in [0, 0.1) is 0 Å². The molecule has 3 heteroatoms. The van der Waals surface area contributed by atoms with E-state index in [0.29, 0.717) is 6.04 Å². The molecule has 1 fully saturated rings. The van der Waals surface area contributed by atoms with Crippen molar-refractivity contribution in [3.05, 3.63) is 29.3 Å². The van der Waals surface area contributed by atoms with Gasteiger partial charge in [-0.25, -0.2) is 0 Å². The van der Waals surface area contributed by atoms with Gasteiger partial charge in [0.25, 0.3) is 0 Å². The minimum Gasteiger partial charge on any atom is -0.493 e. The van der Waals surface area contributed by atoms with Crippen LogP contribution < -0.4 is 10.1 Å². The Morgan fingerprint density at radius 3 is 3.17 bits per heavy atom. The van der Waals surface area contributed by atoms with Gasteiger partial charge in [-0.1, -0.05) is 12.1 Å². The third-order valence-corrected chi connectivity index (χ3v) is 3.75. The SMILES string of the molecule is c1cc2c(cc1CCC1COCCN1)CCCO2. The second kappa shape index (κ2) is 5.72. The lowest BCUT2D eigenvalue weighted by Crippen LogP contribution is -2.41. The third kappa shape index (κ3) is 2.85. The molecule has 2 heterocycles.